The van der Waals surface area contributed by atoms with E-state index in [1.165, 1.54) is 12.1 Å². The van der Waals surface area contributed by atoms with E-state index in [0.29, 0.717) is 23.0 Å². The second-order valence-corrected chi connectivity index (χ2v) is 9.31. The van der Waals surface area contributed by atoms with Crippen LogP contribution in [0.4, 0.5) is 4.39 Å². The van der Waals surface area contributed by atoms with Crippen LogP contribution in [0.3, 0.4) is 0 Å². The summed E-state index contributed by atoms with van der Waals surface area (Å²) in [6.07, 6.45) is -0.602. The third-order valence-corrected chi connectivity index (χ3v) is 5.66. The summed E-state index contributed by atoms with van der Waals surface area (Å²) < 4.78 is 36.1. The average Bonchev–Trinajstić information content (AvgIpc) is 3.63. The van der Waals surface area contributed by atoms with E-state index >= 15 is 0 Å². The number of rotatable bonds is 11. The van der Waals surface area contributed by atoms with Crippen molar-refractivity contribution < 1.29 is 32.5 Å². The fourth-order valence-corrected chi connectivity index (χ4v) is 3.50. The summed E-state index contributed by atoms with van der Waals surface area (Å²) in [6, 6.07) is 10.5. The number of hydrogen-bond acceptors (Lipinski definition) is 11. The Labute approximate surface area is 229 Å². The zero-order valence-corrected chi connectivity index (χ0v) is 22.4. The molecule has 2 aromatic carbocycles. The van der Waals surface area contributed by atoms with Gasteiger partial charge < -0.3 is 29.6 Å². The molecule has 0 aliphatic carbocycles. The Hall–Kier alpha value is -4.65. The van der Waals surface area contributed by atoms with Gasteiger partial charge in [-0.1, -0.05) is 30.2 Å². The van der Waals surface area contributed by atoms with Gasteiger partial charge in [0.15, 0.2) is 6.10 Å². The zero-order chi connectivity index (χ0) is 28.8. The molecule has 0 fully saturated rings. The molecule has 210 valence electrons. The molecule has 0 saturated carbocycles. The number of nitrogens with one attached hydrogen (secondary N) is 1. The van der Waals surface area contributed by atoms with E-state index < -0.39 is 29.8 Å². The lowest BCUT2D eigenvalue weighted by Gasteiger charge is -2.14. The van der Waals surface area contributed by atoms with Gasteiger partial charge in [0, 0.05) is 17.0 Å². The maximum atomic E-state index is 14.8. The molecule has 13 heteroatoms. The van der Waals surface area contributed by atoms with Crippen LogP contribution in [0.1, 0.15) is 61.9 Å². The summed E-state index contributed by atoms with van der Waals surface area (Å²) >= 11 is 0. The van der Waals surface area contributed by atoms with Crippen LogP contribution < -0.4 is 15.8 Å². The van der Waals surface area contributed by atoms with E-state index in [1.807, 2.05) is 26.0 Å². The Morgan fingerprint density at radius 2 is 1.57 bits per heavy atom. The molecule has 0 bridgehead atoms. The van der Waals surface area contributed by atoms with Crippen LogP contribution in [0.15, 0.2) is 51.5 Å². The number of halogens is 1. The van der Waals surface area contributed by atoms with E-state index in [2.05, 4.69) is 25.6 Å². The van der Waals surface area contributed by atoms with E-state index in [4.69, 9.17) is 24.3 Å². The topological polar surface area (TPSA) is 168 Å². The molecule has 1 amide bonds. The van der Waals surface area contributed by atoms with Crippen molar-refractivity contribution in [1.29, 1.82) is 0 Å². The molecule has 0 aliphatic rings. The molecule has 3 N–H and O–H groups in total. The summed E-state index contributed by atoms with van der Waals surface area (Å²) in [5.74, 6) is 0.00323. The largest absolute Gasteiger partial charge is 0.481 e. The van der Waals surface area contributed by atoms with E-state index in [9.17, 15) is 14.0 Å². The minimum Gasteiger partial charge on any atom is -0.481 e. The zero-order valence-electron chi connectivity index (χ0n) is 22.4. The van der Waals surface area contributed by atoms with Crippen LogP contribution >= 0.6 is 0 Å². The first-order chi connectivity index (χ1) is 19.1. The minimum atomic E-state index is -0.779. The average molecular weight is 553 g/mol. The van der Waals surface area contributed by atoms with Crippen molar-refractivity contribution in [2.45, 2.75) is 45.8 Å². The highest BCUT2D eigenvalue weighted by Crippen LogP contribution is 2.27. The van der Waals surface area contributed by atoms with Crippen molar-refractivity contribution in [2.24, 2.45) is 5.73 Å². The molecule has 0 radical (unpaired) electrons. The van der Waals surface area contributed by atoms with Gasteiger partial charge in [0.25, 0.3) is 11.8 Å². The SMILES string of the molecule is CC(COC(=O)CN)NC(=O)c1ccc(-c2noc(C(C)Oc3ccc(-c4noc(C(C)C)n4)cc3)n2)cc1F. The second kappa shape index (κ2) is 12.5. The normalized spacial score (nSPS) is 12.7. The lowest BCUT2D eigenvalue weighted by atomic mass is 10.1. The van der Waals surface area contributed by atoms with E-state index in [0.717, 1.165) is 11.6 Å². The van der Waals surface area contributed by atoms with Gasteiger partial charge in [0.1, 0.15) is 18.2 Å². The number of ether oxygens (including phenoxy) is 2. The first kappa shape index (κ1) is 28.4. The van der Waals surface area contributed by atoms with Crippen LogP contribution in [0, 0.1) is 5.82 Å². The van der Waals surface area contributed by atoms with E-state index in [-0.39, 0.29) is 36.3 Å². The predicted molar refractivity (Wildman–Crippen MR) is 139 cm³/mol. The number of benzene rings is 2. The van der Waals surface area contributed by atoms with Gasteiger partial charge in [-0.3, -0.25) is 9.59 Å². The molecule has 0 spiro atoms. The van der Waals surface area contributed by atoms with Crippen LogP contribution in [-0.2, 0) is 9.53 Å². The Bertz CT molecular complexity index is 1470. The monoisotopic (exact) mass is 552 g/mol. The van der Waals surface area contributed by atoms with Gasteiger partial charge in [0.2, 0.25) is 17.5 Å². The number of nitrogens with zero attached hydrogens (tertiary/aromatic N) is 4. The summed E-state index contributed by atoms with van der Waals surface area (Å²) in [4.78, 5) is 32.3. The summed E-state index contributed by atoms with van der Waals surface area (Å²) in [5.41, 5.74) is 6.07. The fraction of sp³-hybridized carbons (Fsp3) is 0.333. The number of carbonyl (C=O) groups excluding carboxylic acids is 2. The van der Waals surface area contributed by atoms with Gasteiger partial charge >= 0.3 is 5.97 Å². The molecule has 2 unspecified atom stereocenters. The number of nitrogens with two attached hydrogens (primary N) is 1. The highest BCUT2D eigenvalue weighted by molar-refractivity contribution is 5.95. The van der Waals surface area contributed by atoms with Gasteiger partial charge in [-0.15, -0.1) is 0 Å². The second-order valence-electron chi connectivity index (χ2n) is 9.31. The molecule has 40 heavy (non-hydrogen) atoms. The van der Waals surface area contributed by atoms with Crippen LogP contribution in [0.2, 0.25) is 0 Å². The fourth-order valence-electron chi connectivity index (χ4n) is 3.50. The van der Waals surface area contributed by atoms with Crippen molar-refractivity contribution in [3.8, 4) is 28.5 Å². The van der Waals surface area contributed by atoms with Crippen LogP contribution in [0.5, 0.6) is 5.75 Å². The first-order valence-electron chi connectivity index (χ1n) is 12.5. The number of carbonyl (C=O) groups is 2. The van der Waals surface area contributed by atoms with E-state index in [1.54, 1.807) is 26.0 Å². The van der Waals surface area contributed by atoms with Gasteiger partial charge in [-0.05, 0) is 50.2 Å². The van der Waals surface area contributed by atoms with Crippen molar-refractivity contribution in [1.82, 2.24) is 25.6 Å². The van der Waals surface area contributed by atoms with Gasteiger partial charge in [0.05, 0.1) is 18.2 Å². The Kier molecular flexibility index (Phi) is 8.84. The van der Waals surface area contributed by atoms with Crippen molar-refractivity contribution >= 4 is 11.9 Å². The molecule has 2 aromatic heterocycles. The molecule has 2 atom stereocenters. The number of amides is 1. The number of hydrogen-bond donors (Lipinski definition) is 2. The number of esters is 1. The van der Waals surface area contributed by atoms with Crippen molar-refractivity contribution in [3.05, 3.63) is 65.6 Å². The third kappa shape index (κ3) is 6.86. The molecule has 0 aliphatic heterocycles. The lowest BCUT2D eigenvalue weighted by Crippen LogP contribution is -2.37. The van der Waals surface area contributed by atoms with Crippen LogP contribution in [0.25, 0.3) is 22.8 Å². The maximum Gasteiger partial charge on any atom is 0.319 e. The molecular formula is C27H29FN6O6. The molecule has 4 aromatic rings. The highest BCUT2D eigenvalue weighted by atomic mass is 19.1. The standard InChI is InChI=1S/C27H29FN6O6/c1-14(2)26-31-23(33-39-26)17-5-8-19(9-6-17)38-16(4)27-32-24(34-40-27)18-7-10-20(21(28)11-18)25(36)30-15(3)13-37-22(35)12-29/h5-11,14-16H,12-13,29H2,1-4H3,(H,30,36). The maximum absolute atomic E-state index is 14.8. The lowest BCUT2D eigenvalue weighted by molar-refractivity contribution is -0.142. The van der Waals surface area contributed by atoms with Crippen molar-refractivity contribution in [3.63, 3.8) is 0 Å². The Morgan fingerprint density at radius 1 is 0.950 bits per heavy atom. The molecule has 4 rings (SSSR count). The predicted octanol–water partition coefficient (Wildman–Crippen LogP) is 3.81. The Morgan fingerprint density at radius 3 is 2.20 bits per heavy atom. The Balaban J connectivity index is 1.37. The molecule has 12 nitrogen and oxygen atoms in total. The summed E-state index contributed by atoms with van der Waals surface area (Å²) in [6.45, 7) is 6.93. The summed E-state index contributed by atoms with van der Waals surface area (Å²) in [5, 5.41) is 10.5. The first-order valence-corrected chi connectivity index (χ1v) is 12.5. The van der Waals surface area contributed by atoms with Gasteiger partial charge in [-0.2, -0.15) is 9.97 Å². The molecule has 0 saturated heterocycles. The number of aromatic nitrogens is 4. The minimum absolute atomic E-state index is 0.0878. The highest BCUT2D eigenvalue weighted by Gasteiger charge is 2.20. The van der Waals surface area contributed by atoms with Crippen molar-refractivity contribution in [2.75, 3.05) is 13.2 Å². The summed E-state index contributed by atoms with van der Waals surface area (Å²) in [7, 11) is 0. The molecular weight excluding hydrogens is 523 g/mol. The van der Waals surface area contributed by atoms with Crippen LogP contribution in [-0.4, -0.2) is 51.4 Å². The molecule has 2 heterocycles. The van der Waals surface area contributed by atoms with Gasteiger partial charge in [-0.25, -0.2) is 4.39 Å². The smallest absolute Gasteiger partial charge is 0.319 e. The quantitative estimate of drug-likeness (QED) is 0.260. The third-order valence-electron chi connectivity index (χ3n) is 5.66.